The van der Waals surface area contributed by atoms with Crippen LogP contribution in [-0.2, 0) is 6.61 Å². The van der Waals surface area contributed by atoms with Crippen LogP contribution in [0.3, 0.4) is 0 Å². The van der Waals surface area contributed by atoms with Crippen LogP contribution >= 0.6 is 11.8 Å². The number of aliphatic hydroxyl groups excluding tert-OH is 1. The largest absolute Gasteiger partial charge is 0.483 e. The van der Waals surface area contributed by atoms with Gasteiger partial charge in [0.25, 0.3) is 0 Å². The zero-order valence-electron chi connectivity index (χ0n) is 18.8. The number of aromatic nitrogens is 3. The third-order valence-corrected chi connectivity index (χ3v) is 8.32. The van der Waals surface area contributed by atoms with Crippen molar-refractivity contribution < 1.29 is 14.2 Å². The Morgan fingerprint density at radius 2 is 1.88 bits per heavy atom. The van der Waals surface area contributed by atoms with E-state index in [9.17, 15) is 9.50 Å². The molecule has 0 aliphatic heterocycles. The molecule has 2 saturated carbocycles. The van der Waals surface area contributed by atoms with Gasteiger partial charge in [0.05, 0.1) is 6.10 Å². The van der Waals surface area contributed by atoms with Gasteiger partial charge in [0.2, 0.25) is 0 Å². The zero-order valence-corrected chi connectivity index (χ0v) is 19.6. The van der Waals surface area contributed by atoms with Crippen molar-refractivity contribution in [2.75, 3.05) is 5.75 Å². The highest BCUT2D eigenvalue weighted by atomic mass is 32.2. The van der Waals surface area contributed by atoms with Crippen LogP contribution in [0.4, 0.5) is 4.39 Å². The Bertz CT molecular complexity index is 1080. The normalized spacial score (nSPS) is 23.5. The van der Waals surface area contributed by atoms with E-state index in [0.717, 1.165) is 22.6 Å². The van der Waals surface area contributed by atoms with Gasteiger partial charge in [0.15, 0.2) is 22.5 Å². The van der Waals surface area contributed by atoms with Crippen LogP contribution in [0.2, 0.25) is 0 Å². The third kappa shape index (κ3) is 4.80. The molecule has 1 aromatic heterocycles. The molecule has 33 heavy (non-hydrogen) atoms. The van der Waals surface area contributed by atoms with Crippen LogP contribution in [0.1, 0.15) is 56.1 Å². The Kier molecular flexibility index (Phi) is 6.69. The molecule has 2 bridgehead atoms. The Labute approximate surface area is 198 Å². The molecule has 0 unspecified atom stereocenters. The summed E-state index contributed by atoms with van der Waals surface area (Å²) in [6.07, 6.45) is 4.64. The number of hydrogen-bond acceptors (Lipinski definition) is 5. The number of rotatable bonds is 9. The van der Waals surface area contributed by atoms with Crippen LogP contribution in [0.15, 0.2) is 59.8 Å². The molecule has 5 atom stereocenters. The summed E-state index contributed by atoms with van der Waals surface area (Å²) in [6.45, 7) is 2.40. The van der Waals surface area contributed by atoms with Crippen molar-refractivity contribution >= 4 is 11.8 Å². The van der Waals surface area contributed by atoms with Gasteiger partial charge in [-0.1, -0.05) is 60.6 Å². The first-order chi connectivity index (χ1) is 16.1. The third-order valence-electron chi connectivity index (χ3n) is 7.30. The van der Waals surface area contributed by atoms with E-state index in [-0.39, 0.29) is 24.2 Å². The van der Waals surface area contributed by atoms with E-state index >= 15 is 0 Å². The van der Waals surface area contributed by atoms with Gasteiger partial charge in [-0.15, -0.1) is 10.2 Å². The minimum Gasteiger partial charge on any atom is -0.483 e. The van der Waals surface area contributed by atoms with E-state index in [4.69, 9.17) is 4.74 Å². The topological polar surface area (TPSA) is 60.2 Å². The highest BCUT2D eigenvalue weighted by Gasteiger charge is 2.43. The smallest absolute Gasteiger partial charge is 0.191 e. The summed E-state index contributed by atoms with van der Waals surface area (Å²) in [6, 6.07) is 16.3. The maximum absolute atomic E-state index is 14.1. The lowest BCUT2D eigenvalue weighted by Crippen LogP contribution is -2.24. The van der Waals surface area contributed by atoms with Crippen LogP contribution in [0.5, 0.6) is 5.75 Å². The van der Waals surface area contributed by atoms with Gasteiger partial charge >= 0.3 is 0 Å². The van der Waals surface area contributed by atoms with Crippen LogP contribution in [-0.4, -0.2) is 25.6 Å². The van der Waals surface area contributed by atoms with Gasteiger partial charge in [0, 0.05) is 11.8 Å². The second-order valence-electron chi connectivity index (χ2n) is 9.30. The molecule has 2 fully saturated rings. The molecule has 0 spiro atoms. The number of fused-ring (bicyclic) bond motifs is 2. The highest BCUT2D eigenvalue weighted by Crippen LogP contribution is 2.52. The highest BCUT2D eigenvalue weighted by molar-refractivity contribution is 7.99. The maximum atomic E-state index is 14.1. The van der Waals surface area contributed by atoms with Crippen LogP contribution in [0.25, 0.3) is 0 Å². The summed E-state index contributed by atoms with van der Waals surface area (Å²) in [5.41, 5.74) is 0.889. The second kappa shape index (κ2) is 9.85. The van der Waals surface area contributed by atoms with E-state index in [1.165, 1.54) is 43.5 Å². The molecule has 0 amide bonds. The molecule has 2 aromatic carbocycles. The molecule has 7 heteroatoms. The minimum atomic E-state index is -0.586. The summed E-state index contributed by atoms with van der Waals surface area (Å²) in [5.74, 6) is 3.20. The fraction of sp³-hybridized carbons (Fsp3) is 0.462. The Hall–Kier alpha value is -2.38. The van der Waals surface area contributed by atoms with Crippen LogP contribution < -0.4 is 4.74 Å². The quantitative estimate of drug-likeness (QED) is 0.402. The lowest BCUT2D eigenvalue weighted by atomic mass is 9.84. The van der Waals surface area contributed by atoms with E-state index < -0.39 is 6.10 Å². The average molecular weight is 468 g/mol. The summed E-state index contributed by atoms with van der Waals surface area (Å²) < 4.78 is 22.0. The van der Waals surface area contributed by atoms with Gasteiger partial charge < -0.3 is 9.84 Å². The van der Waals surface area contributed by atoms with Gasteiger partial charge in [-0.05, 0) is 61.6 Å². The summed E-state index contributed by atoms with van der Waals surface area (Å²) in [4.78, 5) is 0. The first kappa shape index (κ1) is 22.4. The molecule has 2 aliphatic carbocycles. The van der Waals surface area contributed by atoms with E-state index in [2.05, 4.69) is 21.7 Å². The lowest BCUT2D eigenvalue weighted by Gasteiger charge is -2.30. The van der Waals surface area contributed by atoms with Crippen molar-refractivity contribution in [3.8, 4) is 5.75 Å². The minimum absolute atomic E-state index is 0.154. The molecule has 1 heterocycles. The van der Waals surface area contributed by atoms with Crippen molar-refractivity contribution in [2.24, 2.45) is 17.8 Å². The molecule has 174 valence electrons. The SMILES string of the molecule is C[C@H]([C@H]1C[C@@H]2CC[C@@H]1C2)n1c(COc2ccccc2F)nnc1SC[C@H](O)c1ccccc1. The van der Waals surface area contributed by atoms with Crippen molar-refractivity contribution in [1.82, 2.24) is 14.8 Å². The van der Waals surface area contributed by atoms with Crippen molar-refractivity contribution in [3.63, 3.8) is 0 Å². The number of ether oxygens (including phenoxy) is 1. The van der Waals surface area contributed by atoms with Crippen molar-refractivity contribution in [3.05, 3.63) is 71.8 Å². The van der Waals surface area contributed by atoms with Crippen molar-refractivity contribution in [1.29, 1.82) is 0 Å². The number of para-hydroxylation sites is 1. The molecule has 3 aromatic rings. The molecule has 0 radical (unpaired) electrons. The molecule has 5 nitrogen and oxygen atoms in total. The number of nitrogens with zero attached hydrogens (tertiary/aromatic N) is 3. The number of thioether (sulfide) groups is 1. The maximum Gasteiger partial charge on any atom is 0.191 e. The average Bonchev–Trinajstić information content (AvgIpc) is 3.58. The molecular weight excluding hydrogens is 437 g/mol. The standard InChI is InChI=1S/C26H30FN3O2S/c1-17(21-14-18-11-12-20(21)13-18)30-25(15-32-24-10-6-5-9-22(24)27)28-29-26(30)33-16-23(31)19-7-3-2-4-8-19/h2-10,17-18,20-21,23,31H,11-16H2,1H3/t17-,18-,20-,21-,23+/m1/s1. The zero-order chi connectivity index (χ0) is 22.8. The Morgan fingerprint density at radius 1 is 1.09 bits per heavy atom. The molecule has 0 saturated heterocycles. The van der Waals surface area contributed by atoms with E-state index in [0.29, 0.717) is 17.5 Å². The predicted octanol–water partition coefficient (Wildman–Crippen LogP) is 5.82. The number of halogens is 1. The fourth-order valence-electron chi connectivity index (χ4n) is 5.62. The predicted molar refractivity (Wildman–Crippen MR) is 127 cm³/mol. The summed E-state index contributed by atoms with van der Waals surface area (Å²) in [7, 11) is 0. The van der Waals surface area contributed by atoms with Gasteiger partial charge in [-0.2, -0.15) is 0 Å². The molecule has 1 N–H and O–H groups in total. The summed E-state index contributed by atoms with van der Waals surface area (Å²) in [5, 5.41) is 20.3. The number of benzene rings is 2. The van der Waals surface area contributed by atoms with Crippen molar-refractivity contribution in [2.45, 2.75) is 56.5 Å². The molecular formula is C26H30FN3O2S. The fourth-order valence-corrected chi connectivity index (χ4v) is 6.63. The van der Waals surface area contributed by atoms with Crippen LogP contribution in [0, 0.1) is 23.6 Å². The first-order valence-corrected chi connectivity index (χ1v) is 12.8. The second-order valence-corrected chi connectivity index (χ2v) is 10.3. The number of aliphatic hydroxyl groups is 1. The van der Waals surface area contributed by atoms with Gasteiger partial charge in [-0.25, -0.2) is 4.39 Å². The Balaban J connectivity index is 1.36. The van der Waals surface area contributed by atoms with Gasteiger partial charge in [-0.3, -0.25) is 4.57 Å². The summed E-state index contributed by atoms with van der Waals surface area (Å²) >= 11 is 1.51. The molecule has 2 aliphatic rings. The lowest BCUT2D eigenvalue weighted by molar-refractivity contribution is 0.203. The number of hydrogen-bond donors (Lipinski definition) is 1. The molecule has 5 rings (SSSR count). The first-order valence-electron chi connectivity index (χ1n) is 11.8. The van der Waals surface area contributed by atoms with E-state index in [1.54, 1.807) is 18.2 Å². The monoisotopic (exact) mass is 467 g/mol. The van der Waals surface area contributed by atoms with E-state index in [1.807, 2.05) is 30.3 Å². The van der Waals surface area contributed by atoms with Gasteiger partial charge in [0.1, 0.15) is 6.61 Å². The Morgan fingerprint density at radius 3 is 2.61 bits per heavy atom.